The zero-order valence-electron chi connectivity index (χ0n) is 18.3. The average Bonchev–Trinajstić information content (AvgIpc) is 2.55. The first-order chi connectivity index (χ1) is 12.7. The summed E-state index contributed by atoms with van der Waals surface area (Å²) < 4.78 is 0. The van der Waals surface area contributed by atoms with Gasteiger partial charge in [-0.2, -0.15) is 0 Å². The molecule has 0 bridgehead atoms. The van der Waals surface area contributed by atoms with Crippen molar-refractivity contribution in [2.45, 2.75) is 68.5 Å². The van der Waals surface area contributed by atoms with Gasteiger partial charge in [0.1, 0.15) is 0 Å². The molecule has 0 aliphatic rings. The van der Waals surface area contributed by atoms with Crippen molar-refractivity contribution in [2.75, 3.05) is 0 Å². The summed E-state index contributed by atoms with van der Waals surface area (Å²) in [6, 6.07) is 7.23. The van der Waals surface area contributed by atoms with Gasteiger partial charge < -0.3 is 0 Å². The first kappa shape index (κ1) is 23.5. The summed E-state index contributed by atoms with van der Waals surface area (Å²) in [7, 11) is 0. The van der Waals surface area contributed by atoms with Crippen LogP contribution in [0, 0.1) is 10.8 Å². The summed E-state index contributed by atoms with van der Waals surface area (Å²) in [5.74, 6) is -1.24. The van der Waals surface area contributed by atoms with Gasteiger partial charge in [-0.15, -0.1) is 0 Å². The minimum Gasteiger partial charge on any atom is -0.278 e. The number of benzene rings is 1. The molecule has 6 heteroatoms. The van der Waals surface area contributed by atoms with E-state index in [9.17, 15) is 19.2 Å². The highest BCUT2D eigenvalue weighted by Crippen LogP contribution is 2.23. The van der Waals surface area contributed by atoms with E-state index < -0.39 is 10.8 Å². The quantitative estimate of drug-likeness (QED) is 0.791. The molecule has 1 aromatic carbocycles. The SMILES string of the molecule is CC(=O)N(Cc1ccccc1CN(C(C)=O)C(=O)C(C)(C)C)C(=O)C(C)(C)C. The monoisotopic (exact) mass is 388 g/mol. The van der Waals surface area contributed by atoms with Gasteiger partial charge in [0.2, 0.25) is 23.6 Å². The van der Waals surface area contributed by atoms with Crippen molar-refractivity contribution in [3.63, 3.8) is 0 Å². The molecule has 0 saturated carbocycles. The summed E-state index contributed by atoms with van der Waals surface area (Å²) in [6.45, 7) is 13.5. The minimum absolute atomic E-state index is 0.0943. The van der Waals surface area contributed by atoms with Gasteiger partial charge in [-0.3, -0.25) is 29.0 Å². The first-order valence-electron chi connectivity index (χ1n) is 9.38. The molecule has 0 fully saturated rings. The number of carbonyl (C=O) groups excluding carboxylic acids is 4. The summed E-state index contributed by atoms with van der Waals surface area (Å²) in [4.78, 5) is 52.0. The van der Waals surface area contributed by atoms with Crippen molar-refractivity contribution >= 4 is 23.6 Å². The van der Waals surface area contributed by atoms with E-state index in [1.165, 1.54) is 23.6 Å². The largest absolute Gasteiger partial charge is 0.278 e. The van der Waals surface area contributed by atoms with E-state index in [1.54, 1.807) is 53.7 Å². The molecule has 0 atom stereocenters. The molecule has 0 aliphatic heterocycles. The minimum atomic E-state index is -0.700. The molecule has 0 N–H and O–H groups in total. The molecule has 154 valence electrons. The van der Waals surface area contributed by atoms with Crippen molar-refractivity contribution in [3.05, 3.63) is 35.4 Å². The normalized spacial score (nSPS) is 11.7. The maximum Gasteiger partial charge on any atom is 0.234 e. The Morgan fingerprint density at radius 3 is 1.18 bits per heavy atom. The van der Waals surface area contributed by atoms with Crippen LogP contribution in [0.1, 0.15) is 66.5 Å². The number of nitrogens with zero attached hydrogens (tertiary/aromatic N) is 2. The molecule has 0 spiro atoms. The zero-order valence-corrected chi connectivity index (χ0v) is 18.3. The standard InChI is InChI=1S/C22H32N2O4/c1-15(25)23(19(27)21(3,4)5)13-17-11-9-10-12-18(17)14-24(16(2)26)20(28)22(6,7)8/h9-12H,13-14H2,1-8H3. The van der Waals surface area contributed by atoms with Crippen LogP contribution in [0.15, 0.2) is 24.3 Å². The molecule has 6 nitrogen and oxygen atoms in total. The third-order valence-corrected chi connectivity index (χ3v) is 4.31. The lowest BCUT2D eigenvalue weighted by Gasteiger charge is -2.30. The van der Waals surface area contributed by atoms with Crippen LogP contribution >= 0.6 is 0 Å². The fourth-order valence-electron chi connectivity index (χ4n) is 2.67. The molecular weight excluding hydrogens is 356 g/mol. The Bertz CT molecular complexity index is 704. The van der Waals surface area contributed by atoms with Gasteiger partial charge >= 0.3 is 0 Å². The number of hydrogen-bond acceptors (Lipinski definition) is 4. The summed E-state index contributed by atoms with van der Waals surface area (Å²) >= 11 is 0. The number of imide groups is 2. The Labute approximate surface area is 167 Å². The lowest BCUT2D eigenvalue weighted by molar-refractivity contribution is -0.151. The van der Waals surface area contributed by atoms with Crippen molar-refractivity contribution in [1.82, 2.24) is 9.80 Å². The maximum absolute atomic E-state index is 12.7. The van der Waals surface area contributed by atoms with E-state index in [0.29, 0.717) is 0 Å². The predicted molar refractivity (Wildman–Crippen MR) is 108 cm³/mol. The molecule has 4 amide bonds. The van der Waals surface area contributed by atoms with Crippen molar-refractivity contribution < 1.29 is 19.2 Å². The van der Waals surface area contributed by atoms with Crippen LogP contribution in [0.5, 0.6) is 0 Å². The van der Waals surface area contributed by atoms with E-state index >= 15 is 0 Å². The van der Waals surface area contributed by atoms with Crippen LogP contribution in [-0.4, -0.2) is 33.4 Å². The van der Waals surface area contributed by atoms with Gasteiger partial charge in [-0.1, -0.05) is 65.8 Å². The van der Waals surface area contributed by atoms with Crippen molar-refractivity contribution in [2.24, 2.45) is 10.8 Å². The molecule has 0 heterocycles. The topological polar surface area (TPSA) is 74.8 Å². The summed E-state index contributed by atoms with van der Waals surface area (Å²) in [6.07, 6.45) is 0. The second-order valence-corrected chi connectivity index (χ2v) is 9.09. The predicted octanol–water partition coefficient (Wildman–Crippen LogP) is 3.53. The lowest BCUT2D eigenvalue weighted by Crippen LogP contribution is -2.43. The van der Waals surface area contributed by atoms with E-state index in [1.807, 2.05) is 12.1 Å². The Kier molecular flexibility index (Phi) is 7.29. The molecule has 0 aromatic heterocycles. The highest BCUT2D eigenvalue weighted by atomic mass is 16.2. The van der Waals surface area contributed by atoms with Crippen molar-refractivity contribution in [1.29, 1.82) is 0 Å². The van der Waals surface area contributed by atoms with Crippen LogP contribution in [-0.2, 0) is 32.3 Å². The van der Waals surface area contributed by atoms with Crippen LogP contribution < -0.4 is 0 Å². The van der Waals surface area contributed by atoms with E-state index in [0.717, 1.165) is 11.1 Å². The maximum atomic E-state index is 12.7. The summed E-state index contributed by atoms with van der Waals surface area (Å²) in [5.41, 5.74) is 0.0502. The number of rotatable bonds is 4. The summed E-state index contributed by atoms with van der Waals surface area (Å²) in [5, 5.41) is 0. The fourth-order valence-corrected chi connectivity index (χ4v) is 2.67. The zero-order chi connectivity index (χ0) is 21.9. The Morgan fingerprint density at radius 1 is 0.679 bits per heavy atom. The third kappa shape index (κ3) is 6.01. The smallest absolute Gasteiger partial charge is 0.234 e. The van der Waals surface area contributed by atoms with E-state index in [4.69, 9.17) is 0 Å². The van der Waals surface area contributed by atoms with E-state index in [-0.39, 0.29) is 36.7 Å². The highest BCUT2D eigenvalue weighted by molar-refractivity contribution is 5.97. The first-order valence-corrected chi connectivity index (χ1v) is 9.38. The van der Waals surface area contributed by atoms with Gasteiger partial charge in [0.15, 0.2) is 0 Å². The molecule has 0 saturated heterocycles. The second-order valence-electron chi connectivity index (χ2n) is 9.09. The third-order valence-electron chi connectivity index (χ3n) is 4.31. The van der Waals surface area contributed by atoms with Gasteiger partial charge in [0, 0.05) is 24.7 Å². The molecule has 0 radical (unpaired) electrons. The lowest BCUT2D eigenvalue weighted by atomic mass is 9.93. The van der Waals surface area contributed by atoms with Gasteiger partial charge in [0.25, 0.3) is 0 Å². The molecule has 0 unspecified atom stereocenters. The Balaban J connectivity index is 3.25. The molecule has 1 rings (SSSR count). The second kappa shape index (κ2) is 8.67. The van der Waals surface area contributed by atoms with Gasteiger partial charge in [-0.05, 0) is 11.1 Å². The van der Waals surface area contributed by atoms with Crippen LogP contribution in [0.4, 0.5) is 0 Å². The number of hydrogen-bond donors (Lipinski definition) is 0. The van der Waals surface area contributed by atoms with Crippen LogP contribution in [0.2, 0.25) is 0 Å². The molecule has 28 heavy (non-hydrogen) atoms. The van der Waals surface area contributed by atoms with Crippen LogP contribution in [0.25, 0.3) is 0 Å². The fraction of sp³-hybridized carbons (Fsp3) is 0.545. The molecule has 0 aliphatic carbocycles. The van der Waals surface area contributed by atoms with E-state index in [2.05, 4.69) is 0 Å². The highest BCUT2D eigenvalue weighted by Gasteiger charge is 2.32. The number of amides is 4. The van der Waals surface area contributed by atoms with Crippen LogP contribution in [0.3, 0.4) is 0 Å². The van der Waals surface area contributed by atoms with Crippen molar-refractivity contribution in [3.8, 4) is 0 Å². The number of carbonyl (C=O) groups is 4. The molecule has 1 aromatic rings. The Hall–Kier alpha value is -2.50. The van der Waals surface area contributed by atoms with Gasteiger partial charge in [0.05, 0.1) is 13.1 Å². The Morgan fingerprint density at radius 2 is 0.964 bits per heavy atom. The van der Waals surface area contributed by atoms with Gasteiger partial charge in [-0.25, -0.2) is 0 Å². The average molecular weight is 389 g/mol. The molecular formula is C22H32N2O4.